The van der Waals surface area contributed by atoms with Gasteiger partial charge in [-0.25, -0.2) is 4.79 Å². The van der Waals surface area contributed by atoms with Crippen molar-refractivity contribution in [2.45, 2.75) is 57.0 Å². The predicted molar refractivity (Wildman–Crippen MR) is 75.3 cm³/mol. The zero-order valence-electron chi connectivity index (χ0n) is 12.0. The van der Waals surface area contributed by atoms with Gasteiger partial charge in [0, 0.05) is 0 Å². The first kappa shape index (κ1) is 13.4. The van der Waals surface area contributed by atoms with Gasteiger partial charge in [-0.2, -0.15) is 0 Å². The lowest BCUT2D eigenvalue weighted by molar-refractivity contribution is -0.0325. The maximum absolute atomic E-state index is 11.9. The SMILES string of the molecule is CC12CC[C@](C)(C[C@@H]1NC(=O)OCc1ccccc1)O2. The molecule has 2 heterocycles. The van der Waals surface area contributed by atoms with Gasteiger partial charge in [-0.05, 0) is 38.7 Å². The van der Waals surface area contributed by atoms with E-state index in [1.807, 2.05) is 30.3 Å². The van der Waals surface area contributed by atoms with Crippen LogP contribution in [0.5, 0.6) is 0 Å². The molecule has 0 aliphatic carbocycles. The molecule has 0 radical (unpaired) electrons. The zero-order chi connectivity index (χ0) is 14.2. The van der Waals surface area contributed by atoms with Gasteiger partial charge in [0.25, 0.3) is 0 Å². The van der Waals surface area contributed by atoms with Gasteiger partial charge in [0.2, 0.25) is 0 Å². The van der Waals surface area contributed by atoms with Crippen LogP contribution in [0.25, 0.3) is 0 Å². The molecule has 1 unspecified atom stereocenters. The lowest BCUT2D eigenvalue weighted by Crippen LogP contribution is -2.48. The number of carbonyl (C=O) groups excluding carboxylic acids is 1. The Balaban J connectivity index is 1.53. The first-order valence-electron chi connectivity index (χ1n) is 7.17. The number of carbonyl (C=O) groups is 1. The molecule has 4 heteroatoms. The van der Waals surface area contributed by atoms with Crippen molar-refractivity contribution in [3.8, 4) is 0 Å². The molecule has 1 aromatic rings. The van der Waals surface area contributed by atoms with Crippen molar-refractivity contribution in [1.29, 1.82) is 0 Å². The van der Waals surface area contributed by atoms with Crippen LogP contribution in [0.15, 0.2) is 30.3 Å². The summed E-state index contributed by atoms with van der Waals surface area (Å²) in [5, 5.41) is 2.96. The molecule has 1 aromatic carbocycles. The van der Waals surface area contributed by atoms with E-state index in [0.717, 1.165) is 24.8 Å². The highest BCUT2D eigenvalue weighted by Gasteiger charge is 2.57. The minimum absolute atomic E-state index is 0.0459. The molecule has 1 amide bonds. The molecule has 0 saturated carbocycles. The molecule has 20 heavy (non-hydrogen) atoms. The van der Waals surface area contributed by atoms with Gasteiger partial charge >= 0.3 is 6.09 Å². The average Bonchev–Trinajstić information content (AvgIpc) is 2.86. The summed E-state index contributed by atoms with van der Waals surface area (Å²) in [5.41, 5.74) is 0.678. The van der Waals surface area contributed by atoms with Crippen LogP contribution in [-0.4, -0.2) is 23.3 Å². The Kier molecular flexibility index (Phi) is 3.21. The maximum Gasteiger partial charge on any atom is 0.407 e. The van der Waals surface area contributed by atoms with Crippen molar-refractivity contribution in [2.24, 2.45) is 0 Å². The highest BCUT2D eigenvalue weighted by Crippen LogP contribution is 2.50. The van der Waals surface area contributed by atoms with Gasteiger partial charge in [-0.3, -0.25) is 0 Å². The van der Waals surface area contributed by atoms with E-state index in [-0.39, 0.29) is 23.3 Å². The third-order valence-corrected chi connectivity index (χ3v) is 4.51. The van der Waals surface area contributed by atoms with Gasteiger partial charge in [0.1, 0.15) is 6.61 Å². The Bertz CT molecular complexity index is 504. The number of hydrogen-bond acceptors (Lipinski definition) is 3. The summed E-state index contributed by atoms with van der Waals surface area (Å²) in [6.45, 7) is 4.50. The van der Waals surface area contributed by atoms with Crippen molar-refractivity contribution in [3.05, 3.63) is 35.9 Å². The van der Waals surface area contributed by atoms with Crippen molar-refractivity contribution in [2.75, 3.05) is 0 Å². The van der Waals surface area contributed by atoms with Crippen molar-refractivity contribution in [3.63, 3.8) is 0 Å². The lowest BCUT2D eigenvalue weighted by atomic mass is 9.80. The molecular weight excluding hydrogens is 254 g/mol. The van der Waals surface area contributed by atoms with Gasteiger partial charge < -0.3 is 14.8 Å². The molecule has 2 aliphatic rings. The summed E-state index contributed by atoms with van der Waals surface area (Å²) < 4.78 is 11.3. The summed E-state index contributed by atoms with van der Waals surface area (Å²) in [7, 11) is 0. The van der Waals surface area contributed by atoms with Crippen LogP contribution in [0.4, 0.5) is 4.79 Å². The quantitative estimate of drug-likeness (QED) is 0.922. The fourth-order valence-corrected chi connectivity index (χ4v) is 3.33. The van der Waals surface area contributed by atoms with Gasteiger partial charge in [0.05, 0.1) is 17.2 Å². The normalized spacial score (nSPS) is 35.0. The van der Waals surface area contributed by atoms with E-state index in [4.69, 9.17) is 9.47 Å². The smallest absolute Gasteiger partial charge is 0.407 e. The van der Waals surface area contributed by atoms with Gasteiger partial charge in [-0.15, -0.1) is 0 Å². The van der Waals surface area contributed by atoms with E-state index < -0.39 is 0 Å². The van der Waals surface area contributed by atoms with Gasteiger partial charge in [-0.1, -0.05) is 30.3 Å². The molecule has 0 spiro atoms. The molecule has 108 valence electrons. The summed E-state index contributed by atoms with van der Waals surface area (Å²) in [5.74, 6) is 0. The molecular formula is C16H21NO3. The monoisotopic (exact) mass is 275 g/mol. The first-order chi connectivity index (χ1) is 9.49. The molecule has 2 fully saturated rings. The highest BCUT2D eigenvalue weighted by molar-refractivity contribution is 5.68. The lowest BCUT2D eigenvalue weighted by Gasteiger charge is -2.29. The van der Waals surface area contributed by atoms with Crippen LogP contribution in [0.1, 0.15) is 38.7 Å². The number of ether oxygens (including phenoxy) is 2. The van der Waals surface area contributed by atoms with Crippen molar-refractivity contribution < 1.29 is 14.3 Å². The Labute approximate surface area is 119 Å². The molecule has 4 nitrogen and oxygen atoms in total. The predicted octanol–water partition coefficient (Wildman–Crippen LogP) is 3.01. The molecule has 2 aliphatic heterocycles. The van der Waals surface area contributed by atoms with E-state index in [1.165, 1.54) is 0 Å². The molecule has 1 N–H and O–H groups in total. The van der Waals surface area contributed by atoms with Crippen LogP contribution >= 0.6 is 0 Å². The summed E-state index contributed by atoms with van der Waals surface area (Å²) in [6, 6.07) is 9.74. The number of fused-ring (bicyclic) bond motifs is 2. The minimum atomic E-state index is -0.361. The Hall–Kier alpha value is -1.55. The first-order valence-corrected chi connectivity index (χ1v) is 7.17. The molecule has 0 aromatic heterocycles. The average molecular weight is 275 g/mol. The number of alkyl carbamates (subject to hydrolysis) is 1. The maximum atomic E-state index is 11.9. The van der Waals surface area contributed by atoms with Crippen molar-refractivity contribution >= 4 is 6.09 Å². The Morgan fingerprint density at radius 3 is 2.70 bits per heavy atom. The second-order valence-corrected chi connectivity index (χ2v) is 6.33. The summed E-state index contributed by atoms with van der Waals surface area (Å²) >= 11 is 0. The van der Waals surface area contributed by atoms with Crippen LogP contribution in [0, 0.1) is 0 Å². The second kappa shape index (κ2) is 4.77. The molecule has 2 saturated heterocycles. The largest absolute Gasteiger partial charge is 0.445 e. The van der Waals surface area contributed by atoms with Crippen molar-refractivity contribution in [1.82, 2.24) is 5.32 Å². The molecule has 2 bridgehead atoms. The van der Waals surface area contributed by atoms with Crippen LogP contribution in [0.2, 0.25) is 0 Å². The summed E-state index contributed by atoms with van der Waals surface area (Å²) in [4.78, 5) is 11.9. The minimum Gasteiger partial charge on any atom is -0.445 e. The van der Waals surface area contributed by atoms with Crippen LogP contribution in [0.3, 0.4) is 0 Å². The van der Waals surface area contributed by atoms with E-state index >= 15 is 0 Å². The summed E-state index contributed by atoms with van der Waals surface area (Å²) in [6.07, 6.45) is 2.57. The number of nitrogens with one attached hydrogen (secondary N) is 1. The van der Waals surface area contributed by atoms with Crippen LogP contribution in [-0.2, 0) is 16.1 Å². The third-order valence-electron chi connectivity index (χ3n) is 4.51. The molecule has 3 atom stereocenters. The number of hydrogen-bond donors (Lipinski definition) is 1. The van der Waals surface area contributed by atoms with Gasteiger partial charge in [0.15, 0.2) is 0 Å². The topological polar surface area (TPSA) is 47.6 Å². The Morgan fingerprint density at radius 2 is 2.10 bits per heavy atom. The second-order valence-electron chi connectivity index (χ2n) is 6.33. The van der Waals surface area contributed by atoms with E-state index in [9.17, 15) is 4.79 Å². The van der Waals surface area contributed by atoms with E-state index in [0.29, 0.717) is 6.61 Å². The standard InChI is InChI=1S/C16H21NO3/c1-15-8-9-16(2,20-15)13(10-15)17-14(18)19-11-12-6-4-3-5-7-12/h3-7,13H,8-11H2,1-2H3,(H,17,18)/t13-,15+,16?/m0/s1. The fourth-order valence-electron chi connectivity index (χ4n) is 3.33. The Morgan fingerprint density at radius 1 is 1.35 bits per heavy atom. The molecule has 3 rings (SSSR count). The van der Waals surface area contributed by atoms with E-state index in [2.05, 4.69) is 19.2 Å². The van der Waals surface area contributed by atoms with Crippen LogP contribution < -0.4 is 5.32 Å². The number of amides is 1. The highest BCUT2D eigenvalue weighted by atomic mass is 16.6. The number of rotatable bonds is 3. The van der Waals surface area contributed by atoms with E-state index in [1.54, 1.807) is 0 Å². The fraction of sp³-hybridized carbons (Fsp3) is 0.562. The third kappa shape index (κ3) is 2.52. The zero-order valence-corrected chi connectivity index (χ0v) is 12.0. The number of benzene rings is 1.